The van der Waals surface area contributed by atoms with Gasteiger partial charge < -0.3 is 26.0 Å². The molecule has 1 aromatic rings. The fourth-order valence-electron chi connectivity index (χ4n) is 2.27. The lowest BCUT2D eigenvalue weighted by Gasteiger charge is -2.25. The van der Waals surface area contributed by atoms with Gasteiger partial charge in [-0.3, -0.25) is 9.59 Å². The summed E-state index contributed by atoms with van der Waals surface area (Å²) in [6, 6.07) is 7.30. The molecule has 1 rings (SSSR count). The fourth-order valence-corrected chi connectivity index (χ4v) is 2.27. The number of amides is 2. The predicted octanol–water partition coefficient (Wildman–Crippen LogP) is 0.863. The lowest BCUT2D eigenvalue weighted by molar-refractivity contribution is -0.122. The lowest BCUT2D eigenvalue weighted by Crippen LogP contribution is -2.48. The number of ether oxygens (including phenoxy) is 1. The Balaban J connectivity index is 2.76. The van der Waals surface area contributed by atoms with E-state index in [4.69, 9.17) is 10.5 Å². The van der Waals surface area contributed by atoms with Crippen LogP contribution in [0.4, 0.5) is 0 Å². The van der Waals surface area contributed by atoms with Gasteiger partial charge in [-0.2, -0.15) is 0 Å². The second-order valence-corrected chi connectivity index (χ2v) is 7.23. The SMILES string of the molecule is CCNC(=NCc1cccc(OCC(N)=O)c1)N(C)CC(=O)NC(C)(C)C. The first-order chi connectivity index (χ1) is 12.6. The Labute approximate surface area is 161 Å². The number of aliphatic imine (C=N–C) groups is 1. The molecule has 2 amide bonds. The van der Waals surface area contributed by atoms with E-state index in [0.29, 0.717) is 24.8 Å². The van der Waals surface area contributed by atoms with Gasteiger partial charge in [0.25, 0.3) is 5.91 Å². The number of nitrogens with zero attached hydrogens (tertiary/aromatic N) is 2. The van der Waals surface area contributed by atoms with E-state index in [0.717, 1.165) is 5.56 Å². The van der Waals surface area contributed by atoms with Crippen molar-refractivity contribution in [1.82, 2.24) is 15.5 Å². The van der Waals surface area contributed by atoms with Gasteiger partial charge >= 0.3 is 0 Å². The van der Waals surface area contributed by atoms with Crippen molar-refractivity contribution in [3.8, 4) is 5.75 Å². The van der Waals surface area contributed by atoms with Crippen LogP contribution in [0.1, 0.15) is 33.3 Å². The molecule has 8 heteroatoms. The van der Waals surface area contributed by atoms with E-state index >= 15 is 0 Å². The maximum atomic E-state index is 12.1. The number of primary amides is 1. The van der Waals surface area contributed by atoms with Gasteiger partial charge in [0, 0.05) is 19.1 Å². The maximum Gasteiger partial charge on any atom is 0.255 e. The molecule has 27 heavy (non-hydrogen) atoms. The van der Waals surface area contributed by atoms with Crippen LogP contribution in [0, 0.1) is 0 Å². The largest absolute Gasteiger partial charge is 0.484 e. The first-order valence-electron chi connectivity index (χ1n) is 8.91. The summed E-state index contributed by atoms with van der Waals surface area (Å²) in [5.41, 5.74) is 5.73. The lowest BCUT2D eigenvalue weighted by atomic mass is 10.1. The molecule has 150 valence electrons. The zero-order chi connectivity index (χ0) is 20.4. The number of likely N-dealkylation sites (N-methyl/N-ethyl adjacent to an activating group) is 1. The van der Waals surface area contributed by atoms with E-state index in [-0.39, 0.29) is 24.6 Å². The summed E-state index contributed by atoms with van der Waals surface area (Å²) in [7, 11) is 1.82. The number of nitrogens with two attached hydrogens (primary N) is 1. The Morgan fingerprint density at radius 3 is 2.59 bits per heavy atom. The smallest absolute Gasteiger partial charge is 0.255 e. The van der Waals surface area contributed by atoms with Gasteiger partial charge in [0.05, 0.1) is 13.1 Å². The molecule has 4 N–H and O–H groups in total. The number of hydrogen-bond acceptors (Lipinski definition) is 4. The molecule has 0 aliphatic carbocycles. The molecule has 1 aromatic carbocycles. The number of benzene rings is 1. The highest BCUT2D eigenvalue weighted by atomic mass is 16.5. The van der Waals surface area contributed by atoms with E-state index in [1.54, 1.807) is 11.0 Å². The Morgan fingerprint density at radius 2 is 2.00 bits per heavy atom. The van der Waals surface area contributed by atoms with Gasteiger partial charge in [-0.05, 0) is 45.4 Å². The van der Waals surface area contributed by atoms with Crippen LogP contribution in [0.25, 0.3) is 0 Å². The summed E-state index contributed by atoms with van der Waals surface area (Å²) >= 11 is 0. The minimum absolute atomic E-state index is 0.0718. The third-order valence-corrected chi connectivity index (χ3v) is 3.28. The van der Waals surface area contributed by atoms with Gasteiger partial charge in [0.1, 0.15) is 5.75 Å². The molecule has 0 atom stereocenters. The van der Waals surface area contributed by atoms with Crippen LogP contribution in [-0.4, -0.2) is 55.0 Å². The molecule has 0 bridgehead atoms. The van der Waals surface area contributed by atoms with Gasteiger partial charge in [0.2, 0.25) is 5.91 Å². The third-order valence-electron chi connectivity index (χ3n) is 3.28. The quantitative estimate of drug-likeness (QED) is 0.460. The maximum absolute atomic E-state index is 12.1. The van der Waals surface area contributed by atoms with Crippen molar-refractivity contribution in [3.05, 3.63) is 29.8 Å². The van der Waals surface area contributed by atoms with Gasteiger partial charge in [-0.25, -0.2) is 4.99 Å². The van der Waals surface area contributed by atoms with Crippen molar-refractivity contribution in [1.29, 1.82) is 0 Å². The third kappa shape index (κ3) is 9.48. The van der Waals surface area contributed by atoms with Crippen LogP contribution in [0.3, 0.4) is 0 Å². The number of hydrogen-bond donors (Lipinski definition) is 3. The first-order valence-corrected chi connectivity index (χ1v) is 8.91. The second-order valence-electron chi connectivity index (χ2n) is 7.23. The topological polar surface area (TPSA) is 109 Å². The van der Waals surface area contributed by atoms with Crippen LogP contribution in [0.5, 0.6) is 5.75 Å². The van der Waals surface area contributed by atoms with Crippen molar-refractivity contribution in [2.24, 2.45) is 10.7 Å². The zero-order valence-corrected chi connectivity index (χ0v) is 16.8. The van der Waals surface area contributed by atoms with Crippen molar-refractivity contribution in [2.45, 2.75) is 39.8 Å². The standard InChI is InChI=1S/C19H31N5O3/c1-6-21-18(24(5)12-17(26)23-19(2,3)4)22-11-14-8-7-9-15(10-14)27-13-16(20)25/h7-10H,6,11-13H2,1-5H3,(H2,20,25)(H,21,22)(H,23,26). The minimum atomic E-state index is -0.525. The van der Waals surface area contributed by atoms with Crippen molar-refractivity contribution in [3.63, 3.8) is 0 Å². The van der Waals surface area contributed by atoms with E-state index < -0.39 is 5.91 Å². The molecule has 0 aromatic heterocycles. The average molecular weight is 377 g/mol. The van der Waals surface area contributed by atoms with Crippen LogP contribution in [0.15, 0.2) is 29.3 Å². The summed E-state index contributed by atoms with van der Waals surface area (Å²) < 4.78 is 5.31. The number of carbonyl (C=O) groups is 2. The summed E-state index contributed by atoms with van der Waals surface area (Å²) in [6.07, 6.45) is 0. The minimum Gasteiger partial charge on any atom is -0.484 e. The van der Waals surface area contributed by atoms with E-state index in [1.165, 1.54) is 0 Å². The summed E-state index contributed by atoms with van der Waals surface area (Å²) in [6.45, 7) is 8.92. The van der Waals surface area contributed by atoms with Crippen LogP contribution in [-0.2, 0) is 16.1 Å². The number of carbonyl (C=O) groups excluding carboxylic acids is 2. The second kappa shape index (κ2) is 10.4. The summed E-state index contributed by atoms with van der Waals surface area (Å²) in [5, 5.41) is 6.11. The number of rotatable bonds is 8. The highest BCUT2D eigenvalue weighted by Crippen LogP contribution is 2.14. The highest BCUT2D eigenvalue weighted by molar-refractivity contribution is 5.86. The predicted molar refractivity (Wildman–Crippen MR) is 106 cm³/mol. The summed E-state index contributed by atoms with van der Waals surface area (Å²) in [4.78, 5) is 29.3. The first kappa shape index (κ1) is 22.3. The van der Waals surface area contributed by atoms with E-state index in [9.17, 15) is 9.59 Å². The van der Waals surface area contributed by atoms with Crippen LogP contribution >= 0.6 is 0 Å². The molecule has 8 nitrogen and oxygen atoms in total. The van der Waals surface area contributed by atoms with Crippen molar-refractivity contribution < 1.29 is 14.3 Å². The number of nitrogens with one attached hydrogen (secondary N) is 2. The molecule has 0 aliphatic rings. The van der Waals surface area contributed by atoms with Crippen LogP contribution < -0.4 is 21.1 Å². The Kier molecular flexibility index (Phi) is 8.58. The Hall–Kier alpha value is -2.77. The Bertz CT molecular complexity index is 668. The molecule has 0 radical (unpaired) electrons. The van der Waals surface area contributed by atoms with Gasteiger partial charge in [0.15, 0.2) is 12.6 Å². The molecule has 0 fully saturated rings. The molecule has 0 saturated heterocycles. The van der Waals surface area contributed by atoms with E-state index in [2.05, 4.69) is 15.6 Å². The molecular weight excluding hydrogens is 346 g/mol. The molecular formula is C19H31N5O3. The molecule has 0 unspecified atom stereocenters. The summed E-state index contributed by atoms with van der Waals surface area (Å²) in [5.74, 6) is 0.592. The van der Waals surface area contributed by atoms with E-state index in [1.807, 2.05) is 52.9 Å². The molecule has 0 saturated carbocycles. The average Bonchev–Trinajstić information content (AvgIpc) is 2.55. The zero-order valence-electron chi connectivity index (χ0n) is 16.8. The van der Waals surface area contributed by atoms with Crippen LogP contribution in [0.2, 0.25) is 0 Å². The van der Waals surface area contributed by atoms with Gasteiger partial charge in [-0.1, -0.05) is 12.1 Å². The number of guanidine groups is 1. The molecule has 0 spiro atoms. The van der Waals surface area contributed by atoms with Crippen molar-refractivity contribution >= 4 is 17.8 Å². The normalized spacial score (nSPS) is 11.7. The van der Waals surface area contributed by atoms with Crippen molar-refractivity contribution in [2.75, 3.05) is 26.7 Å². The molecule has 0 heterocycles. The van der Waals surface area contributed by atoms with Gasteiger partial charge in [-0.15, -0.1) is 0 Å². The fraction of sp³-hybridized carbons (Fsp3) is 0.526. The monoisotopic (exact) mass is 377 g/mol. The Morgan fingerprint density at radius 1 is 1.30 bits per heavy atom. The molecule has 0 aliphatic heterocycles. The highest BCUT2D eigenvalue weighted by Gasteiger charge is 2.16.